The molecule has 0 unspecified atom stereocenters. The summed E-state index contributed by atoms with van der Waals surface area (Å²) in [7, 11) is 0. The van der Waals surface area contributed by atoms with Crippen LogP contribution in [0.3, 0.4) is 0 Å². The summed E-state index contributed by atoms with van der Waals surface area (Å²) in [4.78, 5) is 8.66. The highest BCUT2D eigenvalue weighted by Crippen LogP contribution is 2.34. The molecule has 2 aromatic rings. The molecule has 0 saturated carbocycles. The van der Waals surface area contributed by atoms with Crippen molar-refractivity contribution in [2.24, 2.45) is 0 Å². The Bertz CT molecular complexity index is 680. The van der Waals surface area contributed by atoms with E-state index in [1.165, 1.54) is 19.2 Å². The molecule has 0 spiro atoms. The first-order chi connectivity index (χ1) is 11.7. The summed E-state index contributed by atoms with van der Waals surface area (Å²) in [6.45, 7) is 1.83. The van der Waals surface area contributed by atoms with Crippen LogP contribution in [0.5, 0.6) is 0 Å². The number of ether oxygens (including phenoxy) is 1. The predicted octanol–water partition coefficient (Wildman–Crippen LogP) is 1.33. The molecule has 7 nitrogen and oxygen atoms in total. The first-order valence-electron chi connectivity index (χ1n) is 8.24. The highest BCUT2D eigenvalue weighted by molar-refractivity contribution is 7.99. The lowest BCUT2D eigenvalue weighted by atomic mass is 10.1. The molecular weight excluding hydrogens is 330 g/mol. The second kappa shape index (κ2) is 7.79. The van der Waals surface area contributed by atoms with Crippen molar-refractivity contribution in [3.05, 3.63) is 18.6 Å². The Morgan fingerprint density at radius 1 is 1.25 bits per heavy atom. The molecule has 8 heteroatoms. The van der Waals surface area contributed by atoms with Crippen LogP contribution in [0.2, 0.25) is 0 Å². The third kappa shape index (κ3) is 3.29. The van der Waals surface area contributed by atoms with Crippen molar-refractivity contribution in [2.45, 2.75) is 55.8 Å². The standard InChI is InChI=1S/C16H23N3O4S/c1-2-3-4-7-24-15-10-5-6-19(14(10)17-9-18-15)16-13(22)12(21)11(8-20)23-16/h5-6,9,11-13,16,20-22H,2-4,7-8H2,1H3/t11-,12-,13-,16-/m1/s1. The van der Waals surface area contributed by atoms with E-state index >= 15 is 0 Å². The van der Waals surface area contributed by atoms with Gasteiger partial charge in [-0.2, -0.15) is 0 Å². The first-order valence-corrected chi connectivity index (χ1v) is 9.22. The molecule has 132 valence electrons. The van der Waals surface area contributed by atoms with Crippen LogP contribution in [-0.4, -0.2) is 60.5 Å². The second-order valence-corrected chi connectivity index (χ2v) is 7.01. The number of hydrogen-bond donors (Lipinski definition) is 3. The number of nitrogens with zero attached hydrogens (tertiary/aromatic N) is 3. The van der Waals surface area contributed by atoms with Gasteiger partial charge in [-0.15, -0.1) is 11.8 Å². The summed E-state index contributed by atoms with van der Waals surface area (Å²) in [5.74, 6) is 0.999. The van der Waals surface area contributed by atoms with Gasteiger partial charge in [0.2, 0.25) is 0 Å². The maximum absolute atomic E-state index is 10.2. The Kier molecular flexibility index (Phi) is 5.72. The van der Waals surface area contributed by atoms with Gasteiger partial charge in [0.15, 0.2) is 6.23 Å². The number of aromatic nitrogens is 3. The lowest BCUT2D eigenvalue weighted by Crippen LogP contribution is -2.33. The zero-order valence-electron chi connectivity index (χ0n) is 13.6. The Morgan fingerprint density at radius 3 is 2.79 bits per heavy atom. The molecule has 3 heterocycles. The Morgan fingerprint density at radius 2 is 2.08 bits per heavy atom. The molecule has 24 heavy (non-hydrogen) atoms. The van der Waals surface area contributed by atoms with Crippen molar-refractivity contribution in [2.75, 3.05) is 12.4 Å². The van der Waals surface area contributed by atoms with Gasteiger partial charge in [-0.1, -0.05) is 19.8 Å². The van der Waals surface area contributed by atoms with Crippen LogP contribution in [0.4, 0.5) is 0 Å². The predicted molar refractivity (Wildman–Crippen MR) is 90.8 cm³/mol. The second-order valence-electron chi connectivity index (χ2n) is 5.92. The summed E-state index contributed by atoms with van der Waals surface area (Å²) in [5.41, 5.74) is 0.651. The fraction of sp³-hybridized carbons (Fsp3) is 0.625. The van der Waals surface area contributed by atoms with Crippen molar-refractivity contribution in [3.8, 4) is 0 Å². The van der Waals surface area contributed by atoms with Gasteiger partial charge in [0.1, 0.15) is 35.3 Å². The number of rotatable bonds is 7. The topological polar surface area (TPSA) is 101 Å². The van der Waals surface area contributed by atoms with E-state index in [-0.39, 0.29) is 6.61 Å². The molecule has 0 bridgehead atoms. The Balaban J connectivity index is 1.83. The van der Waals surface area contributed by atoms with Crippen LogP contribution < -0.4 is 0 Å². The summed E-state index contributed by atoms with van der Waals surface area (Å²) < 4.78 is 7.28. The third-order valence-electron chi connectivity index (χ3n) is 4.25. The number of aliphatic hydroxyl groups is 3. The van der Waals surface area contributed by atoms with E-state index < -0.39 is 24.5 Å². The first kappa shape index (κ1) is 17.6. The maximum Gasteiger partial charge on any atom is 0.164 e. The SMILES string of the molecule is CCCCCSc1ncnc2c1ccn2[C@@H]1O[C@H](CO)[C@@H](O)[C@H]1O. The highest BCUT2D eigenvalue weighted by Gasteiger charge is 2.43. The number of fused-ring (bicyclic) bond motifs is 1. The number of thioether (sulfide) groups is 1. The Hall–Kier alpha value is -1.19. The molecule has 0 radical (unpaired) electrons. The van der Waals surface area contributed by atoms with E-state index in [0.717, 1.165) is 22.6 Å². The van der Waals surface area contributed by atoms with E-state index in [9.17, 15) is 15.3 Å². The Labute approximate surface area is 144 Å². The van der Waals surface area contributed by atoms with Crippen LogP contribution in [-0.2, 0) is 4.74 Å². The monoisotopic (exact) mass is 353 g/mol. The van der Waals surface area contributed by atoms with Crippen molar-refractivity contribution in [3.63, 3.8) is 0 Å². The van der Waals surface area contributed by atoms with Gasteiger partial charge in [0, 0.05) is 6.20 Å². The highest BCUT2D eigenvalue weighted by atomic mass is 32.2. The zero-order chi connectivity index (χ0) is 17.1. The van der Waals surface area contributed by atoms with Crippen LogP contribution in [0.15, 0.2) is 23.6 Å². The molecule has 1 aliphatic rings. The molecule has 1 aliphatic heterocycles. The van der Waals surface area contributed by atoms with E-state index in [2.05, 4.69) is 16.9 Å². The lowest BCUT2D eigenvalue weighted by Gasteiger charge is -2.17. The molecule has 2 aromatic heterocycles. The normalized spacial score (nSPS) is 27.2. The number of unbranched alkanes of at least 4 members (excludes halogenated alkanes) is 2. The fourth-order valence-corrected chi connectivity index (χ4v) is 3.88. The molecule has 0 aliphatic carbocycles. The fourth-order valence-electron chi connectivity index (χ4n) is 2.90. The average Bonchev–Trinajstić information content (AvgIpc) is 3.14. The lowest BCUT2D eigenvalue weighted by molar-refractivity contribution is -0.0508. The van der Waals surface area contributed by atoms with Crippen LogP contribution in [0.1, 0.15) is 32.4 Å². The maximum atomic E-state index is 10.2. The molecule has 3 rings (SSSR count). The van der Waals surface area contributed by atoms with Crippen LogP contribution in [0, 0.1) is 0 Å². The van der Waals surface area contributed by atoms with Crippen LogP contribution in [0.25, 0.3) is 11.0 Å². The van der Waals surface area contributed by atoms with Crippen LogP contribution >= 0.6 is 11.8 Å². The van der Waals surface area contributed by atoms with Gasteiger partial charge < -0.3 is 24.6 Å². The largest absolute Gasteiger partial charge is 0.394 e. The molecule has 1 saturated heterocycles. The average molecular weight is 353 g/mol. The van der Waals surface area contributed by atoms with E-state index in [0.29, 0.717) is 5.65 Å². The van der Waals surface area contributed by atoms with E-state index in [1.807, 2.05) is 6.07 Å². The van der Waals surface area contributed by atoms with Gasteiger partial charge in [0.25, 0.3) is 0 Å². The van der Waals surface area contributed by atoms with Gasteiger partial charge in [-0.05, 0) is 18.2 Å². The summed E-state index contributed by atoms with van der Waals surface area (Å²) in [6.07, 6.45) is 2.98. The molecule has 1 fully saturated rings. The summed E-state index contributed by atoms with van der Waals surface area (Å²) in [6, 6.07) is 1.90. The number of hydrogen-bond acceptors (Lipinski definition) is 7. The molecule has 0 aromatic carbocycles. The molecule has 0 amide bonds. The van der Waals surface area contributed by atoms with Gasteiger partial charge >= 0.3 is 0 Å². The van der Waals surface area contributed by atoms with Gasteiger partial charge in [0.05, 0.1) is 12.0 Å². The third-order valence-corrected chi connectivity index (χ3v) is 5.34. The van der Waals surface area contributed by atoms with E-state index in [1.54, 1.807) is 22.5 Å². The minimum Gasteiger partial charge on any atom is -0.394 e. The molecular formula is C16H23N3O4S. The van der Waals surface area contributed by atoms with Crippen molar-refractivity contribution < 1.29 is 20.1 Å². The van der Waals surface area contributed by atoms with Crippen molar-refractivity contribution in [1.29, 1.82) is 0 Å². The van der Waals surface area contributed by atoms with Gasteiger partial charge in [-0.25, -0.2) is 9.97 Å². The minimum absolute atomic E-state index is 0.346. The minimum atomic E-state index is -1.12. The number of aliphatic hydroxyl groups excluding tert-OH is 3. The smallest absolute Gasteiger partial charge is 0.164 e. The van der Waals surface area contributed by atoms with Crippen molar-refractivity contribution in [1.82, 2.24) is 14.5 Å². The quantitative estimate of drug-likeness (QED) is 0.392. The van der Waals surface area contributed by atoms with Gasteiger partial charge in [-0.3, -0.25) is 0 Å². The summed E-state index contributed by atoms with van der Waals surface area (Å²) in [5, 5.41) is 31.2. The molecule has 4 atom stereocenters. The van der Waals surface area contributed by atoms with Crippen molar-refractivity contribution >= 4 is 22.8 Å². The van der Waals surface area contributed by atoms with E-state index in [4.69, 9.17) is 4.74 Å². The molecule has 3 N–H and O–H groups in total. The summed E-state index contributed by atoms with van der Waals surface area (Å²) >= 11 is 1.69. The zero-order valence-corrected chi connectivity index (χ0v) is 14.4.